The molecule has 4 rings (SSSR count). The first-order chi connectivity index (χ1) is 14.4. The normalized spacial score (nSPS) is 15.4. The number of ether oxygens (including phenoxy) is 2. The number of urea groups is 1. The second-order valence-corrected chi connectivity index (χ2v) is 7.50. The van der Waals surface area contributed by atoms with Gasteiger partial charge in [0.1, 0.15) is 6.54 Å². The number of aromatic nitrogens is 2. The minimum absolute atomic E-state index is 0.0734. The van der Waals surface area contributed by atoms with Gasteiger partial charge in [-0.15, -0.1) is 0 Å². The predicted octanol–water partition coefficient (Wildman–Crippen LogP) is 2.24. The Labute approximate surface area is 177 Å². The highest BCUT2D eigenvalue weighted by molar-refractivity contribution is 6.32. The molecule has 1 N–H and O–H groups in total. The maximum atomic E-state index is 12.9. The first kappa shape index (κ1) is 20.2. The molecule has 0 unspecified atom stereocenters. The smallest absolute Gasteiger partial charge is 0.327 e. The molecule has 0 saturated carbocycles. The summed E-state index contributed by atoms with van der Waals surface area (Å²) in [6, 6.07) is 2.97. The van der Waals surface area contributed by atoms with Crippen LogP contribution in [-0.2, 0) is 30.7 Å². The lowest BCUT2D eigenvalue weighted by molar-refractivity contribution is -0.125. The molecule has 9 nitrogen and oxygen atoms in total. The number of hydrogen-bond acceptors (Lipinski definition) is 6. The highest BCUT2D eigenvalue weighted by Gasteiger charge is 2.37. The Bertz CT molecular complexity index is 1080. The highest BCUT2D eigenvalue weighted by Crippen LogP contribution is 2.40. The topological polar surface area (TPSA) is 105 Å². The third-order valence-electron chi connectivity index (χ3n) is 5.27. The van der Waals surface area contributed by atoms with Crippen LogP contribution in [0.15, 0.2) is 16.9 Å². The predicted molar refractivity (Wildman–Crippen MR) is 108 cm³/mol. The first-order valence-corrected chi connectivity index (χ1v) is 10.1. The van der Waals surface area contributed by atoms with Crippen molar-refractivity contribution in [3.05, 3.63) is 49.9 Å². The van der Waals surface area contributed by atoms with E-state index in [2.05, 4.69) is 10.2 Å². The van der Waals surface area contributed by atoms with Crippen molar-refractivity contribution in [2.45, 2.75) is 39.8 Å². The Morgan fingerprint density at radius 1 is 1.10 bits per heavy atom. The summed E-state index contributed by atoms with van der Waals surface area (Å²) in [5.41, 5.74) is 2.28. The molecule has 0 bridgehead atoms. The van der Waals surface area contributed by atoms with Crippen LogP contribution in [0.5, 0.6) is 11.5 Å². The molecule has 2 aliphatic heterocycles. The van der Waals surface area contributed by atoms with E-state index in [4.69, 9.17) is 21.1 Å². The van der Waals surface area contributed by atoms with Gasteiger partial charge in [-0.1, -0.05) is 25.4 Å². The highest BCUT2D eigenvalue weighted by atomic mass is 35.5. The maximum absolute atomic E-state index is 12.9. The Morgan fingerprint density at radius 2 is 1.90 bits per heavy atom. The third kappa shape index (κ3) is 3.49. The Kier molecular flexibility index (Phi) is 5.38. The fourth-order valence-corrected chi connectivity index (χ4v) is 4.09. The van der Waals surface area contributed by atoms with Crippen LogP contribution in [0, 0.1) is 0 Å². The van der Waals surface area contributed by atoms with E-state index in [1.165, 1.54) is 4.90 Å². The maximum Gasteiger partial charge on any atom is 0.327 e. The van der Waals surface area contributed by atoms with E-state index < -0.39 is 6.03 Å². The molecule has 1 fully saturated rings. The summed E-state index contributed by atoms with van der Waals surface area (Å²) in [6.07, 6.45) is 1.23. The van der Waals surface area contributed by atoms with Crippen LogP contribution in [0.1, 0.15) is 36.2 Å². The second-order valence-electron chi connectivity index (χ2n) is 7.09. The number of amides is 3. The zero-order valence-corrected chi connectivity index (χ0v) is 17.4. The molecular formula is C20H21ClN4O5. The largest absolute Gasteiger partial charge is 0.454 e. The van der Waals surface area contributed by atoms with Crippen LogP contribution < -0.4 is 15.0 Å². The van der Waals surface area contributed by atoms with E-state index in [0.29, 0.717) is 34.9 Å². The van der Waals surface area contributed by atoms with Gasteiger partial charge in [-0.3, -0.25) is 14.5 Å². The lowest BCUT2D eigenvalue weighted by Gasteiger charge is -2.19. The number of H-pyrrole nitrogens is 1. The van der Waals surface area contributed by atoms with E-state index in [0.717, 1.165) is 21.7 Å². The van der Waals surface area contributed by atoms with Gasteiger partial charge in [-0.05, 0) is 36.1 Å². The van der Waals surface area contributed by atoms with Crippen LogP contribution in [-0.4, -0.2) is 45.3 Å². The molecule has 3 heterocycles. The molecule has 1 saturated heterocycles. The van der Waals surface area contributed by atoms with Crippen molar-refractivity contribution in [1.82, 2.24) is 20.0 Å². The van der Waals surface area contributed by atoms with Gasteiger partial charge in [0, 0.05) is 12.1 Å². The van der Waals surface area contributed by atoms with Crippen molar-refractivity contribution < 1.29 is 19.1 Å². The summed E-state index contributed by atoms with van der Waals surface area (Å²) in [4.78, 5) is 40.4. The average molecular weight is 433 g/mol. The zero-order chi connectivity index (χ0) is 21.4. The molecule has 1 aromatic heterocycles. The number of carbonyl (C=O) groups is 2. The van der Waals surface area contributed by atoms with Crippen LogP contribution in [0.25, 0.3) is 0 Å². The summed E-state index contributed by atoms with van der Waals surface area (Å²) in [5.74, 6) is 0.625. The van der Waals surface area contributed by atoms with Crippen LogP contribution in [0.4, 0.5) is 4.79 Å². The van der Waals surface area contributed by atoms with Crippen LogP contribution in [0.3, 0.4) is 0 Å². The van der Waals surface area contributed by atoms with Crippen LogP contribution in [0.2, 0.25) is 5.02 Å². The first-order valence-electron chi connectivity index (χ1n) is 9.69. The number of halogens is 1. The summed E-state index contributed by atoms with van der Waals surface area (Å²) in [7, 11) is 0. The van der Waals surface area contributed by atoms with Gasteiger partial charge in [0.05, 0.1) is 17.3 Å². The summed E-state index contributed by atoms with van der Waals surface area (Å²) >= 11 is 6.21. The number of rotatable bonds is 6. The number of nitrogens with zero attached hydrogens (tertiary/aromatic N) is 3. The second kappa shape index (κ2) is 7.98. The molecule has 158 valence electrons. The molecule has 30 heavy (non-hydrogen) atoms. The van der Waals surface area contributed by atoms with Crippen molar-refractivity contribution in [3.63, 3.8) is 0 Å². The summed E-state index contributed by atoms with van der Waals surface area (Å²) < 4.78 is 10.7. The standard InChI is InChI=1S/C20H21ClN4O5/c1-3-12-13(19(27)23-22-15(12)4-2)8-25-17(26)9-24(20(25)28)7-11-5-14(21)18-16(6-11)29-10-30-18/h5-6H,3-4,7-10H2,1-2H3,(H,23,27). The molecule has 2 aliphatic rings. The van der Waals surface area contributed by atoms with Crippen molar-refractivity contribution >= 4 is 23.5 Å². The minimum Gasteiger partial charge on any atom is -0.454 e. The summed E-state index contributed by atoms with van der Waals surface area (Å²) in [5, 5.41) is 6.93. The van der Waals surface area contributed by atoms with Gasteiger partial charge in [-0.25, -0.2) is 9.89 Å². The van der Waals surface area contributed by atoms with Crippen molar-refractivity contribution in [2.24, 2.45) is 0 Å². The van der Waals surface area contributed by atoms with Crippen molar-refractivity contribution in [2.75, 3.05) is 13.3 Å². The molecule has 1 aromatic carbocycles. The van der Waals surface area contributed by atoms with E-state index in [-0.39, 0.29) is 37.9 Å². The zero-order valence-electron chi connectivity index (χ0n) is 16.7. The Balaban J connectivity index is 1.56. The summed E-state index contributed by atoms with van der Waals surface area (Å²) in [6.45, 7) is 3.98. The number of imide groups is 1. The third-order valence-corrected chi connectivity index (χ3v) is 5.55. The lowest BCUT2D eigenvalue weighted by atomic mass is 10.0. The average Bonchev–Trinajstić information content (AvgIpc) is 3.29. The number of aromatic amines is 1. The van der Waals surface area contributed by atoms with Crippen molar-refractivity contribution in [3.8, 4) is 11.5 Å². The lowest BCUT2D eigenvalue weighted by Crippen LogP contribution is -2.35. The molecule has 10 heteroatoms. The van der Waals surface area contributed by atoms with Gasteiger partial charge in [-0.2, -0.15) is 5.10 Å². The fraction of sp³-hybridized carbons (Fsp3) is 0.400. The van der Waals surface area contributed by atoms with Crippen molar-refractivity contribution in [1.29, 1.82) is 0 Å². The molecule has 0 aliphatic carbocycles. The quantitative estimate of drug-likeness (QED) is 0.702. The van der Waals surface area contributed by atoms with Gasteiger partial charge in [0.25, 0.3) is 11.5 Å². The van der Waals surface area contributed by atoms with Gasteiger partial charge in [0.2, 0.25) is 6.79 Å². The molecule has 3 amide bonds. The van der Waals surface area contributed by atoms with Crippen LogP contribution >= 0.6 is 11.6 Å². The number of hydrogen-bond donors (Lipinski definition) is 1. The van der Waals surface area contributed by atoms with Gasteiger partial charge < -0.3 is 14.4 Å². The molecule has 0 spiro atoms. The molecular weight excluding hydrogens is 412 g/mol. The SMILES string of the molecule is CCc1n[nH]c(=O)c(CN2C(=O)CN(Cc3cc(Cl)c4c(c3)OCO4)C2=O)c1CC. The van der Waals surface area contributed by atoms with Gasteiger partial charge >= 0.3 is 6.03 Å². The number of benzene rings is 1. The van der Waals surface area contributed by atoms with E-state index in [1.807, 2.05) is 13.8 Å². The number of nitrogens with one attached hydrogen (secondary N) is 1. The number of carbonyl (C=O) groups excluding carboxylic acids is 2. The minimum atomic E-state index is -0.454. The Hall–Kier alpha value is -3.07. The molecule has 0 atom stereocenters. The van der Waals surface area contributed by atoms with E-state index in [9.17, 15) is 14.4 Å². The van der Waals surface area contributed by atoms with E-state index >= 15 is 0 Å². The Morgan fingerprint density at radius 3 is 2.63 bits per heavy atom. The monoisotopic (exact) mass is 432 g/mol. The fourth-order valence-electron chi connectivity index (χ4n) is 3.81. The van der Waals surface area contributed by atoms with Gasteiger partial charge in [0.15, 0.2) is 11.5 Å². The molecule has 0 radical (unpaired) electrons. The number of aryl methyl sites for hydroxylation is 1. The number of fused-ring (bicyclic) bond motifs is 1. The van der Waals surface area contributed by atoms with E-state index in [1.54, 1.807) is 12.1 Å². The molecule has 2 aromatic rings.